The fraction of sp³-hybridized carbons (Fsp3) is 0.154. The summed E-state index contributed by atoms with van der Waals surface area (Å²) in [7, 11) is 0. The van der Waals surface area contributed by atoms with Crippen LogP contribution in [0.4, 0.5) is 0 Å². The van der Waals surface area contributed by atoms with Crippen molar-refractivity contribution in [2.75, 3.05) is 6.61 Å². The Balaban J connectivity index is 2.07. The second-order valence-corrected chi connectivity index (χ2v) is 5.08. The van der Waals surface area contributed by atoms with Gasteiger partial charge in [0.15, 0.2) is 0 Å². The summed E-state index contributed by atoms with van der Waals surface area (Å²) in [4.78, 5) is 8.92. The van der Waals surface area contributed by atoms with E-state index in [-0.39, 0.29) is 12.6 Å². The maximum Gasteiger partial charge on any atom is 0.148 e. The van der Waals surface area contributed by atoms with Gasteiger partial charge in [0.05, 0.1) is 28.6 Å². The highest BCUT2D eigenvalue weighted by molar-refractivity contribution is 7.13. The lowest BCUT2D eigenvalue weighted by molar-refractivity contribution is 0.268. The van der Waals surface area contributed by atoms with Crippen LogP contribution in [0.15, 0.2) is 35.7 Å². The fourth-order valence-electron chi connectivity index (χ4n) is 1.89. The molecule has 0 amide bonds. The molecule has 5 heteroatoms. The summed E-state index contributed by atoms with van der Waals surface area (Å²) in [6.07, 6.45) is 0. The molecule has 0 aliphatic rings. The molecule has 1 atom stereocenters. The van der Waals surface area contributed by atoms with Crippen molar-refractivity contribution in [3.05, 3.63) is 41.3 Å². The van der Waals surface area contributed by atoms with E-state index in [0.717, 1.165) is 27.3 Å². The topological polar surface area (TPSA) is 74.9 Å². The van der Waals surface area contributed by atoms with E-state index >= 15 is 0 Å². The third kappa shape index (κ3) is 1.92. The molecular weight excluding hydrogens is 246 g/mol. The number of hydrogen-bond acceptors (Lipinski definition) is 4. The molecule has 0 aliphatic heterocycles. The zero-order valence-corrected chi connectivity index (χ0v) is 10.4. The molecule has 0 saturated heterocycles. The van der Waals surface area contributed by atoms with E-state index < -0.39 is 0 Å². The summed E-state index contributed by atoms with van der Waals surface area (Å²) in [6, 6.07) is 9.46. The number of hydrogen-bond donors (Lipinski definition) is 3. The average molecular weight is 259 g/mol. The quantitative estimate of drug-likeness (QED) is 0.675. The van der Waals surface area contributed by atoms with Crippen LogP contribution in [-0.2, 0) is 0 Å². The van der Waals surface area contributed by atoms with E-state index in [1.165, 1.54) is 0 Å². The van der Waals surface area contributed by atoms with Gasteiger partial charge in [-0.25, -0.2) is 4.98 Å². The summed E-state index contributed by atoms with van der Waals surface area (Å²) in [5.41, 5.74) is 8.57. The minimum atomic E-state index is -0.345. The van der Waals surface area contributed by atoms with Crippen molar-refractivity contribution in [2.45, 2.75) is 6.04 Å². The number of thiophene rings is 1. The van der Waals surface area contributed by atoms with Gasteiger partial charge >= 0.3 is 0 Å². The van der Waals surface area contributed by atoms with Crippen LogP contribution in [0.5, 0.6) is 0 Å². The Morgan fingerprint density at radius 3 is 3.00 bits per heavy atom. The van der Waals surface area contributed by atoms with Crippen LogP contribution in [0.2, 0.25) is 0 Å². The van der Waals surface area contributed by atoms with Gasteiger partial charge in [-0.2, -0.15) is 0 Å². The minimum Gasteiger partial charge on any atom is -0.394 e. The number of aromatic nitrogens is 2. The number of nitrogens with one attached hydrogen (secondary N) is 1. The molecule has 0 bridgehead atoms. The smallest absolute Gasteiger partial charge is 0.148 e. The molecule has 0 aliphatic carbocycles. The standard InChI is InChI=1S/C13H13N3OS/c14-9(7-17)8-3-4-10-11(6-8)16-13(15-10)12-2-1-5-18-12/h1-6,9,17H,7,14H2,(H,15,16). The van der Waals surface area contributed by atoms with E-state index in [1.807, 2.05) is 35.7 Å². The van der Waals surface area contributed by atoms with Crippen molar-refractivity contribution < 1.29 is 5.11 Å². The summed E-state index contributed by atoms with van der Waals surface area (Å²) in [5, 5.41) is 11.1. The molecule has 1 unspecified atom stereocenters. The first-order valence-corrected chi connectivity index (χ1v) is 6.56. The molecule has 1 aromatic carbocycles. The molecule has 92 valence electrons. The average Bonchev–Trinajstić information content (AvgIpc) is 3.04. The van der Waals surface area contributed by atoms with E-state index in [9.17, 15) is 0 Å². The number of aliphatic hydroxyl groups excluding tert-OH is 1. The predicted octanol–water partition coefficient (Wildman–Crippen LogP) is 2.28. The third-order valence-corrected chi connectivity index (χ3v) is 3.76. The third-order valence-electron chi connectivity index (χ3n) is 2.89. The molecule has 3 rings (SSSR count). The Hall–Kier alpha value is -1.69. The number of fused-ring (bicyclic) bond motifs is 1. The van der Waals surface area contributed by atoms with Gasteiger partial charge < -0.3 is 15.8 Å². The normalized spacial score (nSPS) is 13.0. The van der Waals surface area contributed by atoms with Crippen LogP contribution in [-0.4, -0.2) is 21.7 Å². The molecule has 0 saturated carbocycles. The highest BCUT2D eigenvalue weighted by Gasteiger charge is 2.09. The maximum atomic E-state index is 9.07. The van der Waals surface area contributed by atoms with Gasteiger partial charge in [0.1, 0.15) is 5.82 Å². The van der Waals surface area contributed by atoms with E-state index in [2.05, 4.69) is 9.97 Å². The van der Waals surface area contributed by atoms with Gasteiger partial charge in [-0.3, -0.25) is 0 Å². The van der Waals surface area contributed by atoms with Crippen LogP contribution in [0, 0.1) is 0 Å². The second-order valence-electron chi connectivity index (χ2n) is 4.13. The van der Waals surface area contributed by atoms with Crippen LogP contribution in [0.3, 0.4) is 0 Å². The Labute approximate surface area is 108 Å². The monoisotopic (exact) mass is 259 g/mol. The molecular formula is C13H13N3OS. The van der Waals surface area contributed by atoms with Gasteiger partial charge in [0.2, 0.25) is 0 Å². The SMILES string of the molecule is NC(CO)c1ccc2nc(-c3cccs3)[nH]c2c1. The molecule has 4 nitrogen and oxygen atoms in total. The van der Waals surface area contributed by atoms with Crippen LogP contribution < -0.4 is 5.73 Å². The van der Waals surface area contributed by atoms with E-state index in [4.69, 9.17) is 10.8 Å². The van der Waals surface area contributed by atoms with Crippen LogP contribution in [0.1, 0.15) is 11.6 Å². The number of nitrogens with two attached hydrogens (primary N) is 1. The Morgan fingerprint density at radius 1 is 1.39 bits per heavy atom. The Bertz CT molecular complexity index is 660. The van der Waals surface area contributed by atoms with Gasteiger partial charge in [0.25, 0.3) is 0 Å². The lowest BCUT2D eigenvalue weighted by Gasteiger charge is -2.07. The first kappa shape index (κ1) is 11.4. The number of benzene rings is 1. The molecule has 2 aromatic heterocycles. The number of H-pyrrole nitrogens is 1. The molecule has 18 heavy (non-hydrogen) atoms. The highest BCUT2D eigenvalue weighted by atomic mass is 32.1. The van der Waals surface area contributed by atoms with E-state index in [1.54, 1.807) is 11.3 Å². The number of rotatable bonds is 3. The zero-order valence-electron chi connectivity index (χ0n) is 9.63. The summed E-state index contributed by atoms with van der Waals surface area (Å²) in [5.74, 6) is 0.870. The number of aliphatic hydroxyl groups is 1. The number of aromatic amines is 1. The summed E-state index contributed by atoms with van der Waals surface area (Å²) < 4.78 is 0. The lowest BCUT2D eigenvalue weighted by atomic mass is 10.1. The number of imidazole rings is 1. The van der Waals surface area contributed by atoms with Crippen molar-refractivity contribution in [3.8, 4) is 10.7 Å². The van der Waals surface area contributed by atoms with Crippen molar-refractivity contribution in [3.63, 3.8) is 0 Å². The van der Waals surface area contributed by atoms with Gasteiger partial charge in [-0.15, -0.1) is 11.3 Å². The first-order valence-electron chi connectivity index (χ1n) is 5.68. The van der Waals surface area contributed by atoms with Crippen LogP contribution >= 0.6 is 11.3 Å². The molecule has 0 radical (unpaired) electrons. The van der Waals surface area contributed by atoms with Crippen LogP contribution in [0.25, 0.3) is 21.7 Å². The van der Waals surface area contributed by atoms with Crippen molar-refractivity contribution >= 4 is 22.4 Å². The predicted molar refractivity (Wildman–Crippen MR) is 73.4 cm³/mol. The Kier molecular flexibility index (Phi) is 2.87. The molecule has 4 N–H and O–H groups in total. The van der Waals surface area contributed by atoms with E-state index in [0.29, 0.717) is 0 Å². The minimum absolute atomic E-state index is 0.0581. The fourth-order valence-corrected chi connectivity index (χ4v) is 2.56. The summed E-state index contributed by atoms with van der Waals surface area (Å²) >= 11 is 1.65. The highest BCUT2D eigenvalue weighted by Crippen LogP contribution is 2.25. The summed E-state index contributed by atoms with van der Waals surface area (Å²) in [6.45, 7) is -0.0581. The van der Waals surface area contributed by atoms with Crippen molar-refractivity contribution in [1.82, 2.24) is 9.97 Å². The van der Waals surface area contributed by atoms with Crippen molar-refractivity contribution in [2.24, 2.45) is 5.73 Å². The molecule has 2 heterocycles. The van der Waals surface area contributed by atoms with Gasteiger partial charge in [-0.05, 0) is 29.1 Å². The lowest BCUT2D eigenvalue weighted by Crippen LogP contribution is -2.14. The largest absolute Gasteiger partial charge is 0.394 e. The zero-order chi connectivity index (χ0) is 12.5. The second kappa shape index (κ2) is 4.53. The maximum absolute atomic E-state index is 9.07. The molecule has 3 aromatic rings. The van der Waals surface area contributed by atoms with Gasteiger partial charge in [0, 0.05) is 0 Å². The van der Waals surface area contributed by atoms with Gasteiger partial charge in [-0.1, -0.05) is 12.1 Å². The number of nitrogens with zero attached hydrogens (tertiary/aromatic N) is 1. The first-order chi connectivity index (χ1) is 8.78. The van der Waals surface area contributed by atoms with Crippen molar-refractivity contribution in [1.29, 1.82) is 0 Å². The Morgan fingerprint density at radius 2 is 2.28 bits per heavy atom. The molecule has 0 fully saturated rings. The molecule has 0 spiro atoms.